The Hall–Kier alpha value is -4.14. The van der Waals surface area contributed by atoms with Gasteiger partial charge in [0.2, 0.25) is 15.7 Å². The third-order valence-electron chi connectivity index (χ3n) is 6.28. The zero-order valence-electron chi connectivity index (χ0n) is 21.4. The quantitative estimate of drug-likeness (QED) is 0.0902. The average molecular weight is 617 g/mol. The lowest BCUT2D eigenvalue weighted by Gasteiger charge is -2.56. The zero-order chi connectivity index (χ0) is 30.3. The molecule has 1 aromatic heterocycles. The minimum absolute atomic E-state index is 0.0467. The maximum Gasteiger partial charge on any atom is 0.352 e. The lowest BCUT2D eigenvalue weighted by Crippen LogP contribution is -2.85. The van der Waals surface area contributed by atoms with Crippen LogP contribution in [0, 0.1) is 0 Å². The number of fused-ring (bicyclic) bond motifs is 1. The fraction of sp³-hybridized carbons (Fsp3) is 0.429. The normalized spacial score (nSPS) is 23.1. The maximum absolute atomic E-state index is 13.4. The Labute approximate surface area is 235 Å². The lowest BCUT2D eigenvalue weighted by atomic mass is 9.95. The summed E-state index contributed by atoms with van der Waals surface area (Å²) in [5.41, 5.74) is -0.894. The molecule has 0 radical (unpaired) electrons. The molecule has 4 heterocycles. The molecule has 41 heavy (non-hydrogen) atoms. The van der Waals surface area contributed by atoms with E-state index in [4.69, 9.17) is 9.15 Å². The van der Waals surface area contributed by atoms with Crippen LogP contribution in [0.15, 0.2) is 34.1 Å². The zero-order valence-corrected chi connectivity index (χ0v) is 23.0. The molecule has 18 nitrogen and oxygen atoms in total. The highest BCUT2D eigenvalue weighted by Gasteiger charge is 2.66. The Morgan fingerprint density at radius 2 is 1.98 bits per heavy atom. The van der Waals surface area contributed by atoms with Gasteiger partial charge >= 0.3 is 24.0 Å². The topological polar surface area (TPSA) is 245 Å². The number of hydrogen-bond donors (Lipinski definition) is 5. The van der Waals surface area contributed by atoms with Crippen molar-refractivity contribution in [1.29, 1.82) is 0 Å². The van der Waals surface area contributed by atoms with Gasteiger partial charge in [-0.3, -0.25) is 19.3 Å². The number of sulfonamides is 1. The molecule has 3 aliphatic rings. The monoisotopic (exact) mass is 616 g/mol. The summed E-state index contributed by atoms with van der Waals surface area (Å²) in [4.78, 5) is 76.6. The fourth-order valence-corrected chi connectivity index (χ4v) is 6.55. The molecular weight excluding hydrogens is 592 g/mol. The predicted molar refractivity (Wildman–Crippen MR) is 134 cm³/mol. The molecule has 0 aromatic carbocycles. The molecule has 0 aliphatic carbocycles. The van der Waals surface area contributed by atoms with Crippen molar-refractivity contribution in [1.82, 2.24) is 30.2 Å². The van der Waals surface area contributed by atoms with E-state index in [0.717, 1.165) is 29.8 Å². The third kappa shape index (κ3) is 5.33. The number of esters is 1. The van der Waals surface area contributed by atoms with Gasteiger partial charge < -0.3 is 30.1 Å². The summed E-state index contributed by atoms with van der Waals surface area (Å²) in [7, 11) is -3.96. The summed E-state index contributed by atoms with van der Waals surface area (Å²) in [6.07, 6.45) is 1.97. The highest BCUT2D eigenvalue weighted by atomic mass is 32.2. The van der Waals surface area contributed by atoms with E-state index in [2.05, 4.69) is 10.6 Å². The van der Waals surface area contributed by atoms with E-state index in [1.54, 1.807) is 5.48 Å². The van der Waals surface area contributed by atoms with E-state index in [-0.39, 0.29) is 30.2 Å². The number of furan rings is 1. The van der Waals surface area contributed by atoms with Crippen molar-refractivity contribution in [3.8, 4) is 0 Å². The molecule has 20 heteroatoms. The number of thioether (sulfide) groups is 1. The summed E-state index contributed by atoms with van der Waals surface area (Å²) in [6.45, 7) is 0.117. The van der Waals surface area contributed by atoms with Crippen LogP contribution in [-0.4, -0.2) is 111 Å². The number of nitrogens with zero attached hydrogens (tertiary/aromatic N) is 3. The number of amides is 6. The van der Waals surface area contributed by atoms with E-state index in [1.807, 2.05) is 0 Å². The van der Waals surface area contributed by atoms with Crippen molar-refractivity contribution in [2.24, 2.45) is 0 Å². The first kappa shape index (κ1) is 29.8. The molecule has 5 N–H and O–H groups in total. The van der Waals surface area contributed by atoms with Crippen LogP contribution >= 0.6 is 11.8 Å². The number of urea groups is 2. The van der Waals surface area contributed by atoms with Crippen LogP contribution in [-0.2, 0) is 33.9 Å². The molecule has 1 aromatic rings. The van der Waals surface area contributed by atoms with Crippen molar-refractivity contribution >= 4 is 57.6 Å². The van der Waals surface area contributed by atoms with E-state index >= 15 is 0 Å². The van der Waals surface area contributed by atoms with Crippen molar-refractivity contribution in [2.75, 3.05) is 31.7 Å². The molecule has 2 saturated heterocycles. The molecule has 222 valence electrons. The Balaban J connectivity index is 1.56. The first-order valence-electron chi connectivity index (χ1n) is 11.6. The molecule has 3 aliphatic heterocycles. The van der Waals surface area contributed by atoms with E-state index in [0.29, 0.717) is 9.21 Å². The number of imide groups is 1. The van der Waals surface area contributed by atoms with Gasteiger partial charge in [-0.2, -0.15) is 5.48 Å². The molecule has 4 rings (SSSR count). The number of carboxylic acid groups (broad SMARTS) is 1. The number of aliphatic carboxylic acids is 1. The van der Waals surface area contributed by atoms with Gasteiger partial charge in [0.25, 0.3) is 11.8 Å². The average Bonchev–Trinajstić information content (AvgIpc) is 3.57. The molecule has 6 amide bonds. The second-order valence-electron chi connectivity index (χ2n) is 8.95. The number of hydroxylamine groups is 1. The summed E-state index contributed by atoms with van der Waals surface area (Å²) in [6, 6.07) is -1.29. The van der Waals surface area contributed by atoms with E-state index in [9.17, 15) is 47.5 Å². The Bertz CT molecular complexity index is 1440. The standard InChI is InChI=1S/C21H24N6O12S2/c1-10(28)39-8-11-9-40-18-21(24-35,17(32)27(18)14(11)16(30)31)23-15(29)13(12-4-3-7-38-12)22-19(33)25-5-6-26(20(25)34)41(2,36)37/h3-4,7,13,18,24,35H,5-6,8-9H2,1-2H3,(H,22,33)(H,23,29)(H,30,31)/t13?,18-,21+/m1/s1. The maximum atomic E-state index is 13.4. The smallest absolute Gasteiger partial charge is 0.352 e. The molecule has 0 saturated carbocycles. The largest absolute Gasteiger partial charge is 0.477 e. The summed E-state index contributed by atoms with van der Waals surface area (Å²) < 4.78 is 34.2. The van der Waals surface area contributed by atoms with Crippen LogP contribution in [0.2, 0.25) is 0 Å². The van der Waals surface area contributed by atoms with E-state index in [1.165, 1.54) is 18.4 Å². The molecule has 2 fully saturated rings. The highest BCUT2D eigenvalue weighted by molar-refractivity contribution is 8.00. The van der Waals surface area contributed by atoms with Gasteiger partial charge in [0.15, 0.2) is 6.04 Å². The second kappa shape index (κ2) is 11.0. The van der Waals surface area contributed by atoms with Crippen LogP contribution in [0.1, 0.15) is 18.7 Å². The number of rotatable bonds is 9. The number of ether oxygens (including phenoxy) is 1. The first-order chi connectivity index (χ1) is 19.2. The van der Waals surface area contributed by atoms with Crippen LogP contribution < -0.4 is 16.1 Å². The number of nitrogens with one attached hydrogen (secondary N) is 3. The van der Waals surface area contributed by atoms with Crippen LogP contribution in [0.4, 0.5) is 9.59 Å². The van der Waals surface area contributed by atoms with E-state index < -0.39 is 75.2 Å². The van der Waals surface area contributed by atoms with Crippen molar-refractivity contribution in [3.63, 3.8) is 0 Å². The van der Waals surface area contributed by atoms with Crippen molar-refractivity contribution in [3.05, 3.63) is 35.4 Å². The molecule has 0 spiro atoms. The summed E-state index contributed by atoms with van der Waals surface area (Å²) in [5.74, 6) is -4.57. The van der Waals surface area contributed by atoms with Gasteiger partial charge in [-0.15, -0.1) is 11.8 Å². The second-order valence-corrected chi connectivity index (χ2v) is 11.9. The minimum Gasteiger partial charge on any atom is -0.477 e. The lowest BCUT2D eigenvalue weighted by molar-refractivity contribution is -0.171. The number of carbonyl (C=O) groups excluding carboxylic acids is 5. The highest BCUT2D eigenvalue weighted by Crippen LogP contribution is 2.45. The number of carboxylic acids is 1. The van der Waals surface area contributed by atoms with Crippen molar-refractivity contribution < 1.29 is 56.7 Å². The first-order valence-corrected chi connectivity index (χ1v) is 14.5. The number of carbonyl (C=O) groups is 6. The van der Waals surface area contributed by atoms with Gasteiger partial charge in [-0.25, -0.2) is 32.0 Å². The molecular formula is C21H24N6O12S2. The van der Waals surface area contributed by atoms with Gasteiger partial charge in [-0.05, 0) is 12.1 Å². The van der Waals surface area contributed by atoms with Crippen LogP contribution in [0.25, 0.3) is 0 Å². The molecule has 0 bridgehead atoms. The molecule has 3 atom stereocenters. The summed E-state index contributed by atoms with van der Waals surface area (Å²) in [5, 5.41) is 23.1. The van der Waals surface area contributed by atoms with Gasteiger partial charge in [-0.1, -0.05) is 0 Å². The Morgan fingerprint density at radius 3 is 2.51 bits per heavy atom. The van der Waals surface area contributed by atoms with Crippen LogP contribution in [0.3, 0.4) is 0 Å². The van der Waals surface area contributed by atoms with Crippen molar-refractivity contribution in [2.45, 2.75) is 24.0 Å². The summed E-state index contributed by atoms with van der Waals surface area (Å²) >= 11 is 0.947. The Morgan fingerprint density at radius 1 is 1.27 bits per heavy atom. The Kier molecular flexibility index (Phi) is 8.02. The molecule has 1 unspecified atom stereocenters. The number of β-lactam (4-membered cyclic amide) rings is 1. The predicted octanol–water partition coefficient (Wildman–Crippen LogP) is -1.66. The van der Waals surface area contributed by atoms with Crippen LogP contribution in [0.5, 0.6) is 0 Å². The van der Waals surface area contributed by atoms with Gasteiger partial charge in [0, 0.05) is 18.2 Å². The SMILES string of the molecule is CC(=O)OCC1=C(C(=O)O)N2C(=O)[C@@](NO)(NC(=O)C(NC(=O)N3CCN(S(C)(=O)=O)C3=O)c3ccco3)[C@H]2SC1. The third-order valence-corrected chi connectivity index (χ3v) is 8.81. The fourth-order valence-electron chi connectivity index (χ4n) is 4.37. The van der Waals surface area contributed by atoms with Gasteiger partial charge in [0.05, 0.1) is 25.6 Å². The van der Waals surface area contributed by atoms with Gasteiger partial charge in [0.1, 0.15) is 23.4 Å². The minimum atomic E-state index is -3.96. The number of hydrogen-bond acceptors (Lipinski definition) is 13.